The molecule has 1 aliphatic rings. The van der Waals surface area contributed by atoms with Crippen LogP contribution < -0.4 is 9.47 Å². The predicted molar refractivity (Wildman–Crippen MR) is 67.1 cm³/mol. The van der Waals surface area contributed by atoms with Gasteiger partial charge >= 0.3 is 0 Å². The Hall–Kier alpha value is -1.18. The quantitative estimate of drug-likeness (QED) is 0.768. The number of benzene rings is 1. The fraction of sp³-hybridized carbons (Fsp3) is 0.571. The fourth-order valence-electron chi connectivity index (χ4n) is 1.55. The summed E-state index contributed by atoms with van der Waals surface area (Å²) in [4.78, 5) is 0. The van der Waals surface area contributed by atoms with E-state index in [4.69, 9.17) is 9.47 Å². The van der Waals surface area contributed by atoms with Gasteiger partial charge in [-0.25, -0.2) is 0 Å². The van der Waals surface area contributed by atoms with Crippen LogP contribution in [0.2, 0.25) is 0 Å². The summed E-state index contributed by atoms with van der Waals surface area (Å²) in [6, 6.07) is 6.21. The first-order valence-electron chi connectivity index (χ1n) is 6.14. The number of hydrogen-bond acceptors (Lipinski definition) is 2. The first-order valence-corrected chi connectivity index (χ1v) is 6.14. The molecule has 1 aliphatic heterocycles. The van der Waals surface area contributed by atoms with Crippen molar-refractivity contribution in [3.8, 4) is 11.5 Å². The van der Waals surface area contributed by atoms with Crippen LogP contribution in [-0.4, -0.2) is 6.79 Å². The van der Waals surface area contributed by atoms with Gasteiger partial charge in [-0.15, -0.1) is 0 Å². The zero-order valence-corrected chi connectivity index (χ0v) is 10.7. The van der Waals surface area contributed by atoms with Gasteiger partial charge in [0.1, 0.15) is 0 Å². The summed E-state index contributed by atoms with van der Waals surface area (Å²) in [6.45, 7) is 8.85. The zero-order valence-electron chi connectivity index (χ0n) is 10.7. The summed E-state index contributed by atoms with van der Waals surface area (Å²) in [5.41, 5.74) is 1.34. The van der Waals surface area contributed by atoms with Crippen molar-refractivity contribution in [2.24, 2.45) is 5.92 Å². The minimum absolute atomic E-state index is 0.364. The molecule has 1 aromatic rings. The number of hydrogen-bond donors (Lipinski definition) is 0. The molecule has 0 bridgehead atoms. The van der Waals surface area contributed by atoms with Crippen LogP contribution in [0.1, 0.15) is 39.7 Å². The Morgan fingerprint density at radius 1 is 1.12 bits per heavy atom. The van der Waals surface area contributed by atoms with Crippen molar-refractivity contribution in [1.82, 2.24) is 0 Å². The smallest absolute Gasteiger partial charge is 0.231 e. The fourth-order valence-corrected chi connectivity index (χ4v) is 1.55. The molecule has 1 aromatic carbocycles. The topological polar surface area (TPSA) is 18.5 Å². The lowest BCUT2D eigenvalue weighted by atomic mass is 10.0. The van der Waals surface area contributed by atoms with Crippen molar-refractivity contribution in [3.05, 3.63) is 23.8 Å². The molecule has 2 rings (SSSR count). The third-order valence-corrected chi connectivity index (χ3v) is 2.45. The summed E-state index contributed by atoms with van der Waals surface area (Å²) in [5, 5.41) is 0. The number of aryl methyl sites for hydroxylation is 1. The van der Waals surface area contributed by atoms with Crippen LogP contribution in [0.25, 0.3) is 0 Å². The van der Waals surface area contributed by atoms with Crippen LogP contribution in [0.15, 0.2) is 18.2 Å². The highest BCUT2D eigenvalue weighted by Crippen LogP contribution is 2.32. The van der Waals surface area contributed by atoms with Crippen molar-refractivity contribution < 1.29 is 9.47 Å². The summed E-state index contributed by atoms with van der Waals surface area (Å²) in [7, 11) is 0. The highest BCUT2D eigenvalue weighted by molar-refractivity contribution is 5.44. The molecule has 16 heavy (non-hydrogen) atoms. The van der Waals surface area contributed by atoms with E-state index in [1.165, 1.54) is 12.0 Å². The molecule has 0 radical (unpaired) electrons. The van der Waals surface area contributed by atoms with E-state index >= 15 is 0 Å². The van der Waals surface area contributed by atoms with E-state index in [0.717, 1.165) is 23.8 Å². The van der Waals surface area contributed by atoms with Gasteiger partial charge in [0, 0.05) is 0 Å². The monoisotopic (exact) mass is 222 g/mol. The lowest BCUT2D eigenvalue weighted by molar-refractivity contribution is 0.174. The SMILES string of the molecule is CC.CC(C)CCc1ccc2c(c1)OCO2. The molecule has 0 aliphatic carbocycles. The lowest BCUT2D eigenvalue weighted by Crippen LogP contribution is -1.93. The minimum Gasteiger partial charge on any atom is -0.454 e. The Balaban J connectivity index is 0.000000606. The summed E-state index contributed by atoms with van der Waals surface area (Å²) in [6.07, 6.45) is 2.34. The van der Waals surface area contributed by atoms with Crippen LogP contribution in [0.3, 0.4) is 0 Å². The largest absolute Gasteiger partial charge is 0.454 e. The van der Waals surface area contributed by atoms with E-state index in [1.807, 2.05) is 19.9 Å². The lowest BCUT2D eigenvalue weighted by Gasteiger charge is -2.05. The number of fused-ring (bicyclic) bond motifs is 1. The first-order chi connectivity index (χ1) is 7.75. The van der Waals surface area contributed by atoms with Crippen molar-refractivity contribution in [3.63, 3.8) is 0 Å². The Kier molecular flexibility index (Phi) is 5.17. The highest BCUT2D eigenvalue weighted by Gasteiger charge is 2.12. The van der Waals surface area contributed by atoms with Gasteiger partial charge in [-0.1, -0.05) is 33.8 Å². The molecule has 0 N–H and O–H groups in total. The maximum Gasteiger partial charge on any atom is 0.231 e. The second-order valence-electron chi connectivity index (χ2n) is 4.12. The van der Waals surface area contributed by atoms with E-state index in [1.54, 1.807) is 0 Å². The molecule has 0 amide bonds. The Morgan fingerprint density at radius 3 is 2.50 bits per heavy atom. The molecule has 0 unspecified atom stereocenters. The number of ether oxygens (including phenoxy) is 2. The van der Waals surface area contributed by atoms with E-state index in [0.29, 0.717) is 6.79 Å². The molecule has 90 valence electrons. The molecule has 0 aromatic heterocycles. The standard InChI is InChI=1S/C12H16O2.C2H6/c1-9(2)3-4-10-5-6-11-12(7-10)14-8-13-11;1-2/h5-7,9H,3-4,8H2,1-2H3;1-2H3. The summed E-state index contributed by atoms with van der Waals surface area (Å²) >= 11 is 0. The first kappa shape index (κ1) is 12.9. The van der Waals surface area contributed by atoms with Gasteiger partial charge in [-0.3, -0.25) is 0 Å². The van der Waals surface area contributed by atoms with E-state index in [-0.39, 0.29) is 0 Å². The number of rotatable bonds is 3. The second kappa shape index (κ2) is 6.41. The zero-order chi connectivity index (χ0) is 12.0. The Morgan fingerprint density at radius 2 is 1.81 bits per heavy atom. The third kappa shape index (κ3) is 3.44. The molecule has 0 saturated carbocycles. The van der Waals surface area contributed by atoms with Gasteiger partial charge in [0.05, 0.1) is 0 Å². The van der Waals surface area contributed by atoms with Crippen molar-refractivity contribution in [2.45, 2.75) is 40.5 Å². The van der Waals surface area contributed by atoms with Crippen molar-refractivity contribution in [1.29, 1.82) is 0 Å². The van der Waals surface area contributed by atoms with Crippen molar-refractivity contribution >= 4 is 0 Å². The van der Waals surface area contributed by atoms with Crippen LogP contribution >= 0.6 is 0 Å². The van der Waals surface area contributed by atoms with E-state index in [2.05, 4.69) is 26.0 Å². The normalized spacial score (nSPS) is 12.3. The maximum atomic E-state index is 5.32. The van der Waals surface area contributed by atoms with Crippen molar-refractivity contribution in [2.75, 3.05) is 6.79 Å². The van der Waals surface area contributed by atoms with Crippen LogP contribution in [0.5, 0.6) is 11.5 Å². The van der Waals surface area contributed by atoms with Gasteiger partial charge in [0.15, 0.2) is 11.5 Å². The van der Waals surface area contributed by atoms with E-state index in [9.17, 15) is 0 Å². The second-order valence-corrected chi connectivity index (χ2v) is 4.12. The molecule has 2 nitrogen and oxygen atoms in total. The average molecular weight is 222 g/mol. The molecular weight excluding hydrogens is 200 g/mol. The van der Waals surface area contributed by atoms with Crippen LogP contribution in [-0.2, 0) is 6.42 Å². The molecule has 0 fully saturated rings. The predicted octanol–water partition coefficient (Wildman–Crippen LogP) is 4.03. The summed E-state index contributed by atoms with van der Waals surface area (Å²) in [5.74, 6) is 2.52. The van der Waals surface area contributed by atoms with Gasteiger partial charge < -0.3 is 9.47 Å². The van der Waals surface area contributed by atoms with E-state index < -0.39 is 0 Å². The average Bonchev–Trinajstić information content (AvgIpc) is 2.76. The Labute approximate surface area is 98.6 Å². The summed E-state index contributed by atoms with van der Waals surface area (Å²) < 4.78 is 10.6. The van der Waals surface area contributed by atoms with Gasteiger partial charge in [0.2, 0.25) is 6.79 Å². The van der Waals surface area contributed by atoms with Gasteiger partial charge in [-0.05, 0) is 36.5 Å². The highest BCUT2D eigenvalue weighted by atomic mass is 16.7. The molecule has 0 saturated heterocycles. The van der Waals surface area contributed by atoms with Gasteiger partial charge in [-0.2, -0.15) is 0 Å². The molecule has 1 heterocycles. The van der Waals surface area contributed by atoms with Crippen LogP contribution in [0.4, 0.5) is 0 Å². The van der Waals surface area contributed by atoms with Crippen LogP contribution in [0, 0.1) is 5.92 Å². The van der Waals surface area contributed by atoms with Gasteiger partial charge in [0.25, 0.3) is 0 Å². The molecule has 0 spiro atoms. The maximum absolute atomic E-state index is 5.32. The minimum atomic E-state index is 0.364. The molecule has 2 heteroatoms. The Bertz CT molecular complexity index is 319. The molecular formula is C14H22O2. The third-order valence-electron chi connectivity index (χ3n) is 2.45. The molecule has 0 atom stereocenters.